The number of nitrogens with zero attached hydrogens (tertiary/aromatic N) is 1. The number of hydrogen-bond donors (Lipinski definition) is 2. The van der Waals surface area contributed by atoms with Crippen LogP contribution < -0.4 is 10.6 Å². The highest BCUT2D eigenvalue weighted by molar-refractivity contribution is 6.30. The fourth-order valence-corrected chi connectivity index (χ4v) is 4.75. The SMILES string of the molecule is CC(=O)NC1CCC2(CC1)Cc1ccccc1NC2=NCc1cccc(Cl)c1. The molecular weight excluding hydrogens is 370 g/mol. The highest BCUT2D eigenvalue weighted by atomic mass is 35.5. The van der Waals surface area contributed by atoms with Crippen LogP contribution in [0.4, 0.5) is 5.69 Å². The second-order valence-corrected chi connectivity index (χ2v) is 8.45. The van der Waals surface area contributed by atoms with E-state index < -0.39 is 0 Å². The number of nitrogens with one attached hydrogen (secondary N) is 2. The van der Waals surface area contributed by atoms with Crippen LogP contribution in [0, 0.1) is 5.41 Å². The summed E-state index contributed by atoms with van der Waals surface area (Å²) in [6.45, 7) is 2.21. The number of carbonyl (C=O) groups excluding carboxylic acids is 1. The minimum absolute atomic E-state index is 0.0158. The van der Waals surface area contributed by atoms with Crippen molar-refractivity contribution >= 4 is 29.0 Å². The highest BCUT2D eigenvalue weighted by Crippen LogP contribution is 2.45. The van der Waals surface area contributed by atoms with Crippen LogP contribution in [0.2, 0.25) is 5.02 Å². The molecule has 1 amide bonds. The second kappa shape index (κ2) is 7.96. The molecule has 1 aliphatic carbocycles. The summed E-state index contributed by atoms with van der Waals surface area (Å²) in [5.74, 6) is 1.13. The van der Waals surface area contributed by atoms with Crippen molar-refractivity contribution < 1.29 is 4.79 Å². The lowest BCUT2D eigenvalue weighted by atomic mass is 9.66. The van der Waals surface area contributed by atoms with Gasteiger partial charge in [-0.3, -0.25) is 9.79 Å². The lowest BCUT2D eigenvalue weighted by Gasteiger charge is -2.44. The van der Waals surface area contributed by atoms with Crippen LogP contribution in [-0.4, -0.2) is 17.8 Å². The third-order valence-corrected chi connectivity index (χ3v) is 6.20. The van der Waals surface area contributed by atoms with Crippen molar-refractivity contribution in [1.82, 2.24) is 5.32 Å². The summed E-state index contributed by atoms with van der Waals surface area (Å²) in [5, 5.41) is 7.46. The Hall–Kier alpha value is -2.33. The second-order valence-electron chi connectivity index (χ2n) is 8.01. The van der Waals surface area contributed by atoms with Crippen LogP contribution in [-0.2, 0) is 17.8 Å². The quantitative estimate of drug-likeness (QED) is 0.770. The number of halogens is 1. The number of benzene rings is 2. The van der Waals surface area contributed by atoms with E-state index in [1.165, 1.54) is 5.56 Å². The molecule has 1 heterocycles. The van der Waals surface area contributed by atoms with Crippen LogP contribution in [0.25, 0.3) is 0 Å². The van der Waals surface area contributed by atoms with Gasteiger partial charge in [0.2, 0.25) is 5.91 Å². The first-order valence-electron chi connectivity index (χ1n) is 9.95. The molecule has 1 spiro atoms. The van der Waals surface area contributed by atoms with Gasteiger partial charge in [-0.05, 0) is 61.4 Å². The number of hydrogen-bond acceptors (Lipinski definition) is 2. The number of carbonyl (C=O) groups is 1. The Morgan fingerprint density at radius 1 is 1.21 bits per heavy atom. The Morgan fingerprint density at radius 3 is 2.75 bits per heavy atom. The molecule has 1 aliphatic heterocycles. The van der Waals surface area contributed by atoms with Gasteiger partial charge < -0.3 is 10.6 Å². The summed E-state index contributed by atoms with van der Waals surface area (Å²) in [6.07, 6.45) is 5.01. The topological polar surface area (TPSA) is 53.5 Å². The van der Waals surface area contributed by atoms with Gasteiger partial charge in [0.25, 0.3) is 0 Å². The Labute approximate surface area is 171 Å². The van der Waals surface area contributed by atoms with Gasteiger partial charge in [-0.1, -0.05) is 41.9 Å². The van der Waals surface area contributed by atoms with Crippen molar-refractivity contribution in [2.75, 3.05) is 5.32 Å². The maximum absolute atomic E-state index is 11.4. The zero-order valence-electron chi connectivity index (χ0n) is 16.2. The summed E-state index contributed by atoms with van der Waals surface area (Å²) < 4.78 is 0. The van der Waals surface area contributed by atoms with Gasteiger partial charge in [-0.2, -0.15) is 0 Å². The molecule has 0 atom stereocenters. The van der Waals surface area contributed by atoms with Gasteiger partial charge in [0.1, 0.15) is 5.84 Å². The van der Waals surface area contributed by atoms with E-state index in [0.29, 0.717) is 6.54 Å². The largest absolute Gasteiger partial charge is 0.354 e. The van der Waals surface area contributed by atoms with Gasteiger partial charge in [-0.15, -0.1) is 0 Å². The van der Waals surface area contributed by atoms with E-state index in [4.69, 9.17) is 16.6 Å². The number of aliphatic imine (C=N–C) groups is 1. The summed E-state index contributed by atoms with van der Waals surface area (Å²) in [5.41, 5.74) is 3.63. The first-order valence-corrected chi connectivity index (χ1v) is 10.3. The average molecular weight is 396 g/mol. The number of amidine groups is 1. The van der Waals surface area contributed by atoms with Crippen LogP contribution in [0.1, 0.15) is 43.7 Å². The van der Waals surface area contributed by atoms with Crippen LogP contribution in [0.15, 0.2) is 53.5 Å². The molecule has 4 rings (SSSR count). The van der Waals surface area contributed by atoms with E-state index in [9.17, 15) is 4.79 Å². The predicted octanol–water partition coefficient (Wildman–Crippen LogP) is 4.97. The van der Waals surface area contributed by atoms with Crippen molar-refractivity contribution in [1.29, 1.82) is 0 Å². The number of para-hydroxylation sites is 1. The van der Waals surface area contributed by atoms with E-state index in [-0.39, 0.29) is 17.4 Å². The summed E-state index contributed by atoms with van der Waals surface area (Å²) in [7, 11) is 0. The van der Waals surface area contributed by atoms with Crippen LogP contribution >= 0.6 is 11.6 Å². The molecule has 0 bridgehead atoms. The maximum Gasteiger partial charge on any atom is 0.217 e. The number of fused-ring (bicyclic) bond motifs is 1. The molecule has 2 N–H and O–H groups in total. The zero-order chi connectivity index (χ0) is 19.6. The lowest BCUT2D eigenvalue weighted by molar-refractivity contribution is -0.120. The molecule has 2 aromatic carbocycles. The molecule has 28 heavy (non-hydrogen) atoms. The average Bonchev–Trinajstić information content (AvgIpc) is 2.68. The van der Waals surface area contributed by atoms with Gasteiger partial charge in [0.15, 0.2) is 0 Å². The zero-order valence-corrected chi connectivity index (χ0v) is 16.9. The molecule has 146 valence electrons. The van der Waals surface area contributed by atoms with Gasteiger partial charge in [-0.25, -0.2) is 0 Å². The Bertz CT molecular complexity index is 900. The van der Waals surface area contributed by atoms with Gasteiger partial charge in [0, 0.05) is 29.1 Å². The van der Waals surface area contributed by atoms with Crippen molar-refractivity contribution in [3.8, 4) is 0 Å². The summed E-state index contributed by atoms with van der Waals surface area (Å²) >= 11 is 6.13. The van der Waals surface area contributed by atoms with Crippen LogP contribution in [0.3, 0.4) is 0 Å². The molecule has 4 nitrogen and oxygen atoms in total. The Kier molecular flexibility index (Phi) is 5.40. The molecule has 2 aromatic rings. The molecule has 5 heteroatoms. The first-order chi connectivity index (χ1) is 13.5. The van der Waals surface area contributed by atoms with Crippen molar-refractivity contribution in [3.05, 3.63) is 64.7 Å². The predicted molar refractivity (Wildman–Crippen MR) is 115 cm³/mol. The molecular formula is C23H26ClN3O. The Balaban J connectivity index is 1.60. The third kappa shape index (κ3) is 4.07. The number of amides is 1. The Morgan fingerprint density at radius 2 is 2.00 bits per heavy atom. The van der Waals surface area contributed by atoms with E-state index >= 15 is 0 Å². The molecule has 0 saturated heterocycles. The lowest BCUT2D eigenvalue weighted by Crippen LogP contribution is -2.48. The molecule has 1 saturated carbocycles. The van der Waals surface area contributed by atoms with Gasteiger partial charge in [0.05, 0.1) is 6.54 Å². The van der Waals surface area contributed by atoms with Crippen molar-refractivity contribution in [2.24, 2.45) is 10.4 Å². The number of rotatable bonds is 3. The monoisotopic (exact) mass is 395 g/mol. The summed E-state index contributed by atoms with van der Waals surface area (Å²) in [4.78, 5) is 16.5. The fourth-order valence-electron chi connectivity index (χ4n) is 4.53. The van der Waals surface area contributed by atoms with E-state index in [2.05, 4.69) is 41.0 Å². The van der Waals surface area contributed by atoms with Crippen molar-refractivity contribution in [3.63, 3.8) is 0 Å². The fraction of sp³-hybridized carbons (Fsp3) is 0.391. The van der Waals surface area contributed by atoms with E-state index in [0.717, 1.165) is 54.2 Å². The van der Waals surface area contributed by atoms with E-state index in [1.807, 2.05) is 18.2 Å². The minimum Gasteiger partial charge on any atom is -0.354 e. The first kappa shape index (κ1) is 19.0. The molecule has 0 radical (unpaired) electrons. The minimum atomic E-state index is 0.0158. The van der Waals surface area contributed by atoms with Gasteiger partial charge >= 0.3 is 0 Å². The highest BCUT2D eigenvalue weighted by Gasteiger charge is 2.43. The normalized spacial score (nSPS) is 25.2. The summed E-state index contributed by atoms with van der Waals surface area (Å²) in [6, 6.07) is 16.7. The van der Waals surface area contributed by atoms with Crippen LogP contribution in [0.5, 0.6) is 0 Å². The molecule has 0 unspecified atom stereocenters. The molecule has 1 fully saturated rings. The molecule has 2 aliphatic rings. The number of anilines is 1. The van der Waals surface area contributed by atoms with E-state index in [1.54, 1.807) is 6.92 Å². The van der Waals surface area contributed by atoms with Crippen molar-refractivity contribution in [2.45, 2.75) is 51.6 Å². The standard InChI is InChI=1S/C23H26ClN3O/c1-16(28)26-20-9-11-23(12-10-20)14-18-6-2-3-8-21(18)27-22(23)25-15-17-5-4-7-19(24)13-17/h2-8,13,20H,9-12,14-15H2,1H3,(H,25,27)(H,26,28). The smallest absolute Gasteiger partial charge is 0.217 e. The molecule has 0 aromatic heterocycles. The maximum atomic E-state index is 11.4. The third-order valence-electron chi connectivity index (χ3n) is 5.96.